The van der Waals surface area contributed by atoms with Crippen molar-refractivity contribution in [2.75, 3.05) is 29.5 Å². The Bertz CT molecular complexity index is 1250. The van der Waals surface area contributed by atoms with Gasteiger partial charge in [0.15, 0.2) is 5.82 Å². The Hall–Kier alpha value is -3.48. The van der Waals surface area contributed by atoms with Gasteiger partial charge in [-0.25, -0.2) is 25.1 Å². The molecule has 0 bridgehead atoms. The predicted octanol–water partition coefficient (Wildman–Crippen LogP) is 2.75. The number of anilines is 3. The molecule has 4 aromatic rings. The number of quaternary nitrogens is 1. The molecule has 3 aromatic heterocycles. The van der Waals surface area contributed by atoms with Crippen molar-refractivity contribution in [3.63, 3.8) is 0 Å². The summed E-state index contributed by atoms with van der Waals surface area (Å²) >= 11 is 12.5. The highest BCUT2D eigenvalue weighted by Crippen LogP contribution is 2.34. The van der Waals surface area contributed by atoms with Gasteiger partial charge < -0.3 is 26.6 Å². The normalized spacial score (nSPS) is 11.9. The SMILES string of the molecule is Nc1nc(NCCNc2ncc(-c3ncc[nH]3)c(-c3ccc(Cl)cc3Cl)n2)ccc1[NH+]([O-])O. The molecule has 0 radical (unpaired) electrons. The van der Waals surface area contributed by atoms with E-state index in [1.54, 1.807) is 42.9 Å². The molecule has 1 aromatic carbocycles. The first-order valence-corrected chi connectivity index (χ1v) is 10.5. The summed E-state index contributed by atoms with van der Waals surface area (Å²) in [5.74, 6) is 1.41. The first-order valence-electron chi connectivity index (χ1n) is 9.72. The summed E-state index contributed by atoms with van der Waals surface area (Å²) in [5.41, 5.74) is 7.60. The van der Waals surface area contributed by atoms with Gasteiger partial charge in [0.2, 0.25) is 11.6 Å². The number of nitrogens with two attached hydrogens (primary N) is 1. The number of nitrogens with one attached hydrogen (secondary N) is 4. The molecule has 3 heterocycles. The van der Waals surface area contributed by atoms with Crippen LogP contribution in [0, 0.1) is 5.21 Å². The van der Waals surface area contributed by atoms with Gasteiger partial charge in [0.25, 0.3) is 0 Å². The van der Waals surface area contributed by atoms with Crippen LogP contribution in [0.1, 0.15) is 0 Å². The number of imidazole rings is 1. The van der Waals surface area contributed by atoms with Crippen LogP contribution in [0.4, 0.5) is 23.3 Å². The van der Waals surface area contributed by atoms with Gasteiger partial charge in [0.05, 0.1) is 16.3 Å². The molecule has 0 aliphatic carbocycles. The maximum atomic E-state index is 11.0. The van der Waals surface area contributed by atoms with Gasteiger partial charge in [-0.2, -0.15) is 5.23 Å². The quantitative estimate of drug-likeness (QED) is 0.162. The van der Waals surface area contributed by atoms with Gasteiger partial charge in [0, 0.05) is 48.3 Å². The fourth-order valence-corrected chi connectivity index (χ4v) is 3.56. The minimum atomic E-state index is -1.13. The average Bonchev–Trinajstić information content (AvgIpc) is 3.31. The second-order valence-electron chi connectivity index (χ2n) is 6.81. The summed E-state index contributed by atoms with van der Waals surface area (Å²) in [4.78, 5) is 20.4. The highest BCUT2D eigenvalue weighted by Gasteiger charge is 2.16. The van der Waals surface area contributed by atoms with E-state index in [1.165, 1.54) is 6.07 Å². The standard InChI is InChI=1S/C20H19Cl2N9O2/c21-11-1-2-12(14(22)9-11)17-13(19-25-6-7-26-19)10-28-20(30-17)27-8-5-24-16-4-3-15(31(32)33)18(23)29-16/h1-4,6-7,9-10,31-32H,5,8H2,(H,25,26)(H3,23,24,29)(H,27,28,30). The lowest BCUT2D eigenvalue weighted by Crippen LogP contribution is -2.99. The van der Waals surface area contributed by atoms with Crippen LogP contribution in [-0.4, -0.2) is 43.2 Å². The Morgan fingerprint density at radius 1 is 1.06 bits per heavy atom. The fraction of sp³-hybridized carbons (Fsp3) is 0.100. The van der Waals surface area contributed by atoms with Crippen LogP contribution in [0.5, 0.6) is 0 Å². The van der Waals surface area contributed by atoms with Crippen molar-refractivity contribution in [1.29, 1.82) is 0 Å². The van der Waals surface area contributed by atoms with Crippen molar-refractivity contribution in [1.82, 2.24) is 24.9 Å². The molecule has 1 atom stereocenters. The summed E-state index contributed by atoms with van der Waals surface area (Å²) in [6.07, 6.45) is 5.02. The minimum absolute atomic E-state index is 0.0443. The van der Waals surface area contributed by atoms with Crippen LogP contribution in [0.2, 0.25) is 10.0 Å². The van der Waals surface area contributed by atoms with Crippen molar-refractivity contribution < 1.29 is 10.4 Å². The number of pyridine rings is 1. The van der Waals surface area contributed by atoms with Gasteiger partial charge in [0.1, 0.15) is 11.6 Å². The average molecular weight is 488 g/mol. The third-order valence-electron chi connectivity index (χ3n) is 4.60. The van der Waals surface area contributed by atoms with Crippen molar-refractivity contribution in [3.05, 3.63) is 64.2 Å². The predicted molar refractivity (Wildman–Crippen MR) is 126 cm³/mol. The Kier molecular flexibility index (Phi) is 6.87. The Labute approximate surface area is 198 Å². The number of H-pyrrole nitrogens is 1. The molecular formula is C20H19Cl2N9O2. The third-order valence-corrected chi connectivity index (χ3v) is 5.15. The second kappa shape index (κ2) is 9.98. The van der Waals surface area contributed by atoms with Gasteiger partial charge in [-0.15, -0.1) is 0 Å². The molecule has 7 N–H and O–H groups in total. The molecule has 0 spiro atoms. The maximum Gasteiger partial charge on any atom is 0.223 e. The van der Waals surface area contributed by atoms with E-state index in [-0.39, 0.29) is 11.5 Å². The minimum Gasteiger partial charge on any atom is -0.595 e. The zero-order valence-corrected chi connectivity index (χ0v) is 18.5. The number of aromatic amines is 1. The number of nitrogen functional groups attached to an aromatic ring is 1. The van der Waals surface area contributed by atoms with Crippen molar-refractivity contribution in [2.24, 2.45) is 0 Å². The summed E-state index contributed by atoms with van der Waals surface area (Å²) in [7, 11) is 0. The highest BCUT2D eigenvalue weighted by molar-refractivity contribution is 6.36. The Morgan fingerprint density at radius 3 is 2.58 bits per heavy atom. The number of nitrogens with zero attached hydrogens (tertiary/aromatic N) is 4. The van der Waals surface area contributed by atoms with E-state index in [1.807, 2.05) is 0 Å². The Morgan fingerprint density at radius 2 is 1.88 bits per heavy atom. The molecule has 170 valence electrons. The Balaban J connectivity index is 1.49. The number of aromatic nitrogens is 5. The molecular weight excluding hydrogens is 469 g/mol. The largest absolute Gasteiger partial charge is 0.595 e. The monoisotopic (exact) mass is 487 g/mol. The zero-order valence-electron chi connectivity index (χ0n) is 17.0. The molecule has 13 heteroatoms. The molecule has 0 fully saturated rings. The smallest absolute Gasteiger partial charge is 0.223 e. The van der Waals surface area contributed by atoms with Gasteiger partial charge in [-0.1, -0.05) is 23.2 Å². The molecule has 0 aliphatic heterocycles. The summed E-state index contributed by atoms with van der Waals surface area (Å²) < 4.78 is 0. The van der Waals surface area contributed by atoms with E-state index in [0.717, 1.165) is 0 Å². The fourth-order valence-electron chi connectivity index (χ4n) is 3.06. The van der Waals surface area contributed by atoms with Gasteiger partial charge >= 0.3 is 0 Å². The van der Waals surface area contributed by atoms with Crippen LogP contribution in [0.3, 0.4) is 0 Å². The van der Waals surface area contributed by atoms with Crippen molar-refractivity contribution in [3.8, 4) is 22.6 Å². The van der Waals surface area contributed by atoms with E-state index in [2.05, 4.69) is 35.6 Å². The lowest BCUT2D eigenvalue weighted by Gasteiger charge is -2.14. The molecule has 0 amide bonds. The van der Waals surface area contributed by atoms with E-state index in [4.69, 9.17) is 34.1 Å². The highest BCUT2D eigenvalue weighted by atomic mass is 35.5. The van der Waals surface area contributed by atoms with Crippen LogP contribution in [0.25, 0.3) is 22.6 Å². The lowest BCUT2D eigenvalue weighted by molar-refractivity contribution is -0.990. The van der Waals surface area contributed by atoms with Gasteiger partial charge in [-0.05, 0) is 24.3 Å². The van der Waals surface area contributed by atoms with E-state index in [9.17, 15) is 5.21 Å². The molecule has 4 rings (SSSR count). The molecule has 0 saturated heterocycles. The number of benzene rings is 1. The van der Waals surface area contributed by atoms with E-state index >= 15 is 0 Å². The zero-order chi connectivity index (χ0) is 23.4. The van der Waals surface area contributed by atoms with Crippen LogP contribution < -0.4 is 21.6 Å². The number of hydrogen-bond acceptors (Lipinski definition) is 9. The first kappa shape index (κ1) is 22.7. The number of hydrogen-bond donors (Lipinski definition) is 6. The molecule has 0 saturated carbocycles. The lowest BCUT2D eigenvalue weighted by atomic mass is 10.1. The van der Waals surface area contributed by atoms with E-state index in [0.29, 0.717) is 57.5 Å². The molecule has 1 unspecified atom stereocenters. The molecule has 0 aliphatic rings. The third kappa shape index (κ3) is 5.30. The van der Waals surface area contributed by atoms with Crippen molar-refractivity contribution >= 4 is 46.5 Å². The summed E-state index contributed by atoms with van der Waals surface area (Å²) in [5, 5.41) is 26.1. The van der Waals surface area contributed by atoms with Crippen LogP contribution in [0.15, 0.2) is 48.9 Å². The van der Waals surface area contributed by atoms with Crippen LogP contribution >= 0.6 is 23.2 Å². The maximum absolute atomic E-state index is 11.0. The molecule has 11 nitrogen and oxygen atoms in total. The summed E-state index contributed by atoms with van der Waals surface area (Å²) in [6.45, 7) is 0.912. The summed E-state index contributed by atoms with van der Waals surface area (Å²) in [6, 6.07) is 8.13. The molecule has 33 heavy (non-hydrogen) atoms. The number of halogens is 2. The topological polar surface area (TPSA) is 165 Å². The van der Waals surface area contributed by atoms with Gasteiger partial charge in [-0.3, -0.25) is 0 Å². The van der Waals surface area contributed by atoms with E-state index < -0.39 is 5.23 Å². The van der Waals surface area contributed by atoms with Crippen molar-refractivity contribution in [2.45, 2.75) is 0 Å². The number of rotatable bonds is 8. The van der Waals surface area contributed by atoms with Crippen LogP contribution in [-0.2, 0) is 0 Å². The first-order chi connectivity index (χ1) is 15.9. The second-order valence-corrected chi connectivity index (χ2v) is 7.65.